The van der Waals surface area contributed by atoms with Gasteiger partial charge in [0, 0.05) is 20.8 Å². The summed E-state index contributed by atoms with van der Waals surface area (Å²) in [5.74, 6) is 0.372. The van der Waals surface area contributed by atoms with Gasteiger partial charge in [-0.1, -0.05) is 20.3 Å². The van der Waals surface area contributed by atoms with Crippen molar-refractivity contribution in [2.24, 2.45) is 11.7 Å². The first-order valence-corrected chi connectivity index (χ1v) is 6.06. The van der Waals surface area contributed by atoms with Gasteiger partial charge >= 0.3 is 0 Å². The maximum absolute atomic E-state index is 12.0. The zero-order valence-corrected chi connectivity index (χ0v) is 11.6. The fourth-order valence-electron chi connectivity index (χ4n) is 1.47. The van der Waals surface area contributed by atoms with Crippen LogP contribution in [0.3, 0.4) is 0 Å². The molecule has 1 amide bonds. The Bertz CT molecular complexity index is 218. The lowest BCUT2D eigenvalue weighted by Gasteiger charge is -2.29. The van der Waals surface area contributed by atoms with Crippen molar-refractivity contribution in [3.05, 3.63) is 0 Å². The SMILES string of the molecule is CCC(C)CN(CC(OC)OC)C(=O)[C@H](C)N. The molecule has 0 aromatic heterocycles. The average Bonchev–Trinajstić information content (AvgIpc) is 2.32. The van der Waals surface area contributed by atoms with Crippen molar-refractivity contribution < 1.29 is 14.3 Å². The van der Waals surface area contributed by atoms with E-state index >= 15 is 0 Å². The van der Waals surface area contributed by atoms with Gasteiger partial charge in [-0.25, -0.2) is 0 Å². The third-order valence-corrected chi connectivity index (χ3v) is 2.83. The number of carbonyl (C=O) groups is 1. The number of rotatable bonds is 8. The van der Waals surface area contributed by atoms with Crippen molar-refractivity contribution in [1.29, 1.82) is 0 Å². The molecule has 0 aliphatic rings. The molecule has 0 aromatic carbocycles. The second-order valence-electron chi connectivity index (χ2n) is 4.45. The van der Waals surface area contributed by atoms with E-state index in [-0.39, 0.29) is 5.91 Å². The Morgan fingerprint density at radius 2 is 1.76 bits per heavy atom. The van der Waals surface area contributed by atoms with Crippen LogP contribution in [0.25, 0.3) is 0 Å². The molecule has 0 rings (SSSR count). The minimum absolute atomic E-state index is 0.0654. The highest BCUT2D eigenvalue weighted by atomic mass is 16.7. The molecule has 5 nitrogen and oxygen atoms in total. The van der Waals surface area contributed by atoms with Crippen molar-refractivity contribution in [3.8, 4) is 0 Å². The van der Waals surface area contributed by atoms with Crippen molar-refractivity contribution in [3.63, 3.8) is 0 Å². The van der Waals surface area contributed by atoms with E-state index in [0.29, 0.717) is 19.0 Å². The largest absolute Gasteiger partial charge is 0.354 e. The fraction of sp³-hybridized carbons (Fsp3) is 0.917. The molecule has 0 aliphatic heterocycles. The lowest BCUT2D eigenvalue weighted by Crippen LogP contribution is -2.47. The molecule has 1 unspecified atom stereocenters. The summed E-state index contributed by atoms with van der Waals surface area (Å²) in [5.41, 5.74) is 5.64. The molecule has 0 aromatic rings. The van der Waals surface area contributed by atoms with Crippen LogP contribution in [0.15, 0.2) is 0 Å². The predicted molar refractivity (Wildman–Crippen MR) is 67.5 cm³/mol. The summed E-state index contributed by atoms with van der Waals surface area (Å²) in [6, 6.07) is -0.492. The summed E-state index contributed by atoms with van der Waals surface area (Å²) in [6.07, 6.45) is 0.620. The van der Waals surface area contributed by atoms with Crippen LogP contribution < -0.4 is 5.73 Å². The summed E-state index contributed by atoms with van der Waals surface area (Å²) in [4.78, 5) is 13.7. The number of methoxy groups -OCH3 is 2. The van der Waals surface area contributed by atoms with Gasteiger partial charge in [0.05, 0.1) is 12.6 Å². The molecule has 2 atom stereocenters. The second kappa shape index (κ2) is 8.44. The maximum atomic E-state index is 12.0. The van der Waals surface area contributed by atoms with Gasteiger partial charge < -0.3 is 20.1 Å². The minimum Gasteiger partial charge on any atom is -0.354 e. The summed E-state index contributed by atoms with van der Waals surface area (Å²) in [6.45, 7) is 7.00. The quantitative estimate of drug-likeness (QED) is 0.644. The van der Waals surface area contributed by atoms with Gasteiger partial charge in [0.2, 0.25) is 5.91 Å². The molecule has 0 saturated carbocycles. The molecule has 17 heavy (non-hydrogen) atoms. The van der Waals surface area contributed by atoms with Gasteiger partial charge in [-0.2, -0.15) is 0 Å². The van der Waals surface area contributed by atoms with Crippen LogP contribution in [0.1, 0.15) is 27.2 Å². The van der Waals surface area contributed by atoms with Crippen LogP contribution >= 0.6 is 0 Å². The third kappa shape index (κ3) is 6.00. The Kier molecular flexibility index (Phi) is 8.12. The van der Waals surface area contributed by atoms with Crippen LogP contribution in [-0.2, 0) is 14.3 Å². The van der Waals surface area contributed by atoms with E-state index in [4.69, 9.17) is 15.2 Å². The van der Waals surface area contributed by atoms with Crippen LogP contribution in [0.2, 0.25) is 0 Å². The van der Waals surface area contributed by atoms with Crippen molar-refractivity contribution in [2.45, 2.75) is 39.5 Å². The average molecular weight is 246 g/mol. The predicted octanol–water partition coefficient (Wildman–Crippen LogP) is 0.827. The minimum atomic E-state index is -0.492. The van der Waals surface area contributed by atoms with Crippen LogP contribution in [-0.4, -0.2) is 50.4 Å². The highest BCUT2D eigenvalue weighted by Gasteiger charge is 2.22. The number of ether oxygens (including phenoxy) is 2. The van der Waals surface area contributed by atoms with Gasteiger partial charge in [0.25, 0.3) is 0 Å². The normalized spacial score (nSPS) is 14.8. The van der Waals surface area contributed by atoms with E-state index in [1.54, 1.807) is 26.0 Å². The Morgan fingerprint density at radius 3 is 2.12 bits per heavy atom. The Morgan fingerprint density at radius 1 is 1.24 bits per heavy atom. The first-order valence-electron chi connectivity index (χ1n) is 6.06. The van der Waals surface area contributed by atoms with Crippen LogP contribution in [0.5, 0.6) is 0 Å². The summed E-state index contributed by atoms with van der Waals surface area (Å²) < 4.78 is 10.2. The molecule has 0 radical (unpaired) electrons. The number of hydrogen-bond donors (Lipinski definition) is 1. The summed E-state index contributed by atoms with van der Waals surface area (Å²) in [5, 5.41) is 0. The lowest BCUT2D eigenvalue weighted by molar-refractivity contribution is -0.147. The van der Waals surface area contributed by atoms with Crippen molar-refractivity contribution >= 4 is 5.91 Å². The lowest BCUT2D eigenvalue weighted by atomic mass is 10.1. The van der Waals surface area contributed by atoms with E-state index in [1.807, 2.05) is 0 Å². The Labute approximate surface area is 104 Å². The second-order valence-corrected chi connectivity index (χ2v) is 4.45. The molecule has 0 saturated heterocycles. The molecule has 2 N–H and O–H groups in total. The zero-order chi connectivity index (χ0) is 13.4. The highest BCUT2D eigenvalue weighted by Crippen LogP contribution is 2.08. The van der Waals surface area contributed by atoms with Crippen LogP contribution in [0.4, 0.5) is 0 Å². The fourth-order valence-corrected chi connectivity index (χ4v) is 1.47. The number of carbonyl (C=O) groups excluding carboxylic acids is 1. The van der Waals surface area contributed by atoms with E-state index < -0.39 is 12.3 Å². The molecule has 0 spiro atoms. The molecular formula is C12H26N2O3. The van der Waals surface area contributed by atoms with Crippen LogP contribution in [0, 0.1) is 5.92 Å². The highest BCUT2D eigenvalue weighted by molar-refractivity contribution is 5.81. The molecule has 0 heterocycles. The molecule has 5 heteroatoms. The van der Waals surface area contributed by atoms with Crippen molar-refractivity contribution in [1.82, 2.24) is 4.90 Å². The van der Waals surface area contributed by atoms with E-state index in [0.717, 1.165) is 6.42 Å². The first kappa shape index (κ1) is 16.4. The monoisotopic (exact) mass is 246 g/mol. The number of nitrogens with zero attached hydrogens (tertiary/aromatic N) is 1. The molecule has 0 bridgehead atoms. The van der Waals surface area contributed by atoms with Gasteiger partial charge in [-0.15, -0.1) is 0 Å². The topological polar surface area (TPSA) is 64.8 Å². The Balaban J connectivity index is 4.55. The van der Waals surface area contributed by atoms with Gasteiger partial charge in [0.1, 0.15) is 0 Å². The maximum Gasteiger partial charge on any atom is 0.239 e. The number of amides is 1. The zero-order valence-electron chi connectivity index (χ0n) is 11.6. The van der Waals surface area contributed by atoms with E-state index in [9.17, 15) is 4.79 Å². The molecule has 0 fully saturated rings. The standard InChI is InChI=1S/C12H26N2O3/c1-6-9(2)7-14(12(15)10(3)13)8-11(16-4)17-5/h9-11H,6-8,13H2,1-5H3/t9?,10-/m0/s1. The third-order valence-electron chi connectivity index (χ3n) is 2.83. The van der Waals surface area contributed by atoms with Gasteiger partial charge in [0.15, 0.2) is 6.29 Å². The van der Waals surface area contributed by atoms with E-state index in [2.05, 4.69) is 13.8 Å². The van der Waals surface area contributed by atoms with E-state index in [1.165, 1.54) is 0 Å². The first-order chi connectivity index (χ1) is 7.96. The smallest absolute Gasteiger partial charge is 0.239 e. The summed E-state index contributed by atoms with van der Waals surface area (Å²) in [7, 11) is 3.12. The van der Waals surface area contributed by atoms with Gasteiger partial charge in [-0.3, -0.25) is 4.79 Å². The van der Waals surface area contributed by atoms with Gasteiger partial charge in [-0.05, 0) is 12.8 Å². The molecular weight excluding hydrogens is 220 g/mol. The van der Waals surface area contributed by atoms with Crippen molar-refractivity contribution in [2.75, 3.05) is 27.3 Å². The summed E-state index contributed by atoms with van der Waals surface area (Å²) >= 11 is 0. The number of hydrogen-bond acceptors (Lipinski definition) is 4. The number of nitrogens with two attached hydrogens (primary N) is 1. The Hall–Kier alpha value is -0.650. The molecule has 102 valence electrons. The molecule has 0 aliphatic carbocycles.